The van der Waals surface area contributed by atoms with Crippen molar-refractivity contribution in [2.75, 3.05) is 23.3 Å². The van der Waals surface area contributed by atoms with Crippen molar-refractivity contribution in [3.63, 3.8) is 0 Å². The second kappa shape index (κ2) is 7.24. The molecule has 144 valence electrons. The molecular weight excluding hydrogens is 385 g/mol. The normalized spacial score (nSPS) is 18.6. The maximum Gasteiger partial charge on any atom is 0.256 e. The van der Waals surface area contributed by atoms with Crippen LogP contribution in [0.4, 0.5) is 15.8 Å². The van der Waals surface area contributed by atoms with Gasteiger partial charge in [-0.15, -0.1) is 0 Å². The number of carbonyl (C=O) groups is 3. The molecule has 2 aliphatic heterocycles. The lowest BCUT2D eigenvalue weighted by Crippen LogP contribution is -2.47. The van der Waals surface area contributed by atoms with Gasteiger partial charge in [0.15, 0.2) is 0 Å². The van der Waals surface area contributed by atoms with Crippen LogP contribution in [0.1, 0.15) is 23.2 Å². The fourth-order valence-corrected chi connectivity index (χ4v) is 3.87. The lowest BCUT2D eigenvalue weighted by molar-refractivity contribution is -0.124. The summed E-state index contributed by atoms with van der Waals surface area (Å²) in [7, 11) is 0. The molecule has 0 spiro atoms. The molecule has 2 aliphatic rings. The van der Waals surface area contributed by atoms with Crippen molar-refractivity contribution in [1.82, 2.24) is 4.90 Å². The second-order valence-corrected chi connectivity index (χ2v) is 7.18. The number of nitrogens with one attached hydrogen (secondary N) is 1. The first kappa shape index (κ1) is 18.4. The van der Waals surface area contributed by atoms with E-state index in [4.69, 9.17) is 11.6 Å². The summed E-state index contributed by atoms with van der Waals surface area (Å²) >= 11 is 5.74. The first-order chi connectivity index (χ1) is 13.5. The van der Waals surface area contributed by atoms with E-state index in [1.165, 1.54) is 17.0 Å². The minimum atomic E-state index is -0.587. The van der Waals surface area contributed by atoms with E-state index in [1.54, 1.807) is 29.2 Å². The molecule has 4 rings (SSSR count). The Hall–Kier alpha value is -2.93. The molecule has 1 saturated heterocycles. The fourth-order valence-electron chi connectivity index (χ4n) is 3.69. The van der Waals surface area contributed by atoms with Gasteiger partial charge in [-0.05, 0) is 43.2 Å². The van der Waals surface area contributed by atoms with Crippen LogP contribution in [0.25, 0.3) is 0 Å². The molecule has 0 aliphatic carbocycles. The van der Waals surface area contributed by atoms with Crippen molar-refractivity contribution >= 4 is 40.7 Å². The lowest BCUT2D eigenvalue weighted by atomic mass is 10.1. The molecule has 0 unspecified atom stereocenters. The number of hydrogen-bond acceptors (Lipinski definition) is 3. The summed E-state index contributed by atoms with van der Waals surface area (Å²) in [6.45, 7) is 0.264. The highest BCUT2D eigenvalue weighted by molar-refractivity contribution is 6.31. The van der Waals surface area contributed by atoms with Crippen molar-refractivity contribution in [1.29, 1.82) is 0 Å². The van der Waals surface area contributed by atoms with Crippen LogP contribution in [0.2, 0.25) is 5.02 Å². The Labute approximate surface area is 165 Å². The van der Waals surface area contributed by atoms with E-state index < -0.39 is 17.8 Å². The predicted molar refractivity (Wildman–Crippen MR) is 103 cm³/mol. The van der Waals surface area contributed by atoms with Crippen molar-refractivity contribution in [2.24, 2.45) is 0 Å². The van der Waals surface area contributed by atoms with Gasteiger partial charge in [0.1, 0.15) is 18.4 Å². The first-order valence-corrected chi connectivity index (χ1v) is 9.30. The molecule has 6 nitrogen and oxygen atoms in total. The van der Waals surface area contributed by atoms with Gasteiger partial charge < -0.3 is 15.1 Å². The molecule has 28 heavy (non-hydrogen) atoms. The van der Waals surface area contributed by atoms with E-state index in [2.05, 4.69) is 5.32 Å². The SMILES string of the molecule is O=C(CN1C(=O)[C@H]2CCCN2C(=O)c2ccccc21)Nc1ccc(F)c(Cl)c1. The number of para-hydroxylation sites is 1. The van der Waals surface area contributed by atoms with E-state index in [9.17, 15) is 18.8 Å². The van der Waals surface area contributed by atoms with Crippen LogP contribution < -0.4 is 10.2 Å². The van der Waals surface area contributed by atoms with Crippen LogP contribution in [0.5, 0.6) is 0 Å². The number of hydrogen-bond donors (Lipinski definition) is 1. The number of halogens is 2. The monoisotopic (exact) mass is 401 g/mol. The predicted octanol–water partition coefficient (Wildman–Crippen LogP) is 3.07. The van der Waals surface area contributed by atoms with Crippen LogP contribution in [0.3, 0.4) is 0 Å². The topological polar surface area (TPSA) is 69.7 Å². The van der Waals surface area contributed by atoms with Gasteiger partial charge in [-0.25, -0.2) is 4.39 Å². The summed E-state index contributed by atoms with van der Waals surface area (Å²) < 4.78 is 13.3. The van der Waals surface area contributed by atoms with E-state index in [0.29, 0.717) is 29.9 Å². The average molecular weight is 402 g/mol. The Bertz CT molecular complexity index is 981. The quantitative estimate of drug-likeness (QED) is 0.859. The molecule has 0 aromatic heterocycles. The van der Waals surface area contributed by atoms with Crippen molar-refractivity contribution in [3.8, 4) is 0 Å². The van der Waals surface area contributed by atoms with Gasteiger partial charge in [0.2, 0.25) is 11.8 Å². The Morgan fingerprint density at radius 3 is 2.79 bits per heavy atom. The van der Waals surface area contributed by atoms with E-state index in [-0.39, 0.29) is 23.4 Å². The number of benzene rings is 2. The molecule has 2 aromatic rings. The molecule has 3 amide bonds. The third kappa shape index (κ3) is 3.22. The van der Waals surface area contributed by atoms with E-state index in [0.717, 1.165) is 12.5 Å². The largest absolute Gasteiger partial charge is 0.327 e. The van der Waals surface area contributed by atoms with Gasteiger partial charge in [-0.2, -0.15) is 0 Å². The van der Waals surface area contributed by atoms with Crippen molar-refractivity contribution < 1.29 is 18.8 Å². The zero-order valence-corrected chi connectivity index (χ0v) is 15.6. The number of fused-ring (bicyclic) bond motifs is 2. The minimum absolute atomic E-state index is 0.110. The highest BCUT2D eigenvalue weighted by Crippen LogP contribution is 2.32. The fraction of sp³-hybridized carbons (Fsp3) is 0.250. The molecular formula is C20H17ClFN3O3. The third-order valence-corrected chi connectivity index (χ3v) is 5.28. The summed E-state index contributed by atoms with van der Waals surface area (Å²) in [5.41, 5.74) is 1.14. The van der Waals surface area contributed by atoms with Gasteiger partial charge in [0, 0.05) is 12.2 Å². The van der Waals surface area contributed by atoms with Crippen LogP contribution in [0, 0.1) is 5.82 Å². The molecule has 0 bridgehead atoms. The number of rotatable bonds is 3. The molecule has 1 N–H and O–H groups in total. The Morgan fingerprint density at radius 2 is 2.00 bits per heavy atom. The van der Waals surface area contributed by atoms with Crippen LogP contribution in [-0.4, -0.2) is 41.8 Å². The van der Waals surface area contributed by atoms with Gasteiger partial charge in [-0.3, -0.25) is 14.4 Å². The third-order valence-electron chi connectivity index (χ3n) is 5.00. The zero-order chi connectivity index (χ0) is 19.8. The summed E-state index contributed by atoms with van der Waals surface area (Å²) in [5, 5.41) is 2.51. The van der Waals surface area contributed by atoms with Crippen molar-refractivity contribution in [3.05, 3.63) is 58.9 Å². The number of carbonyl (C=O) groups excluding carboxylic acids is 3. The summed E-state index contributed by atoms with van der Waals surface area (Å²) in [5.74, 6) is -1.52. The average Bonchev–Trinajstić information content (AvgIpc) is 3.15. The van der Waals surface area contributed by atoms with E-state index in [1.807, 2.05) is 0 Å². The number of anilines is 2. The Balaban J connectivity index is 1.62. The number of amides is 3. The Kier molecular flexibility index (Phi) is 4.77. The Morgan fingerprint density at radius 1 is 1.21 bits per heavy atom. The van der Waals surface area contributed by atoms with Gasteiger partial charge >= 0.3 is 0 Å². The van der Waals surface area contributed by atoms with Gasteiger partial charge in [0.05, 0.1) is 16.3 Å². The first-order valence-electron chi connectivity index (χ1n) is 8.92. The molecule has 0 saturated carbocycles. The second-order valence-electron chi connectivity index (χ2n) is 6.78. The van der Waals surface area contributed by atoms with Crippen LogP contribution in [0.15, 0.2) is 42.5 Å². The van der Waals surface area contributed by atoms with Crippen molar-refractivity contribution in [2.45, 2.75) is 18.9 Å². The molecule has 2 heterocycles. The van der Waals surface area contributed by atoms with E-state index >= 15 is 0 Å². The van der Waals surface area contributed by atoms with Gasteiger partial charge in [-0.1, -0.05) is 23.7 Å². The molecule has 1 atom stereocenters. The standard InChI is InChI=1S/C20H17ClFN3O3/c21-14-10-12(7-8-15(14)22)23-18(26)11-25-16-5-2-1-4-13(16)19(27)24-9-3-6-17(24)20(25)28/h1-2,4-5,7-8,10,17H,3,6,9,11H2,(H,23,26)/t17-/m1/s1. The minimum Gasteiger partial charge on any atom is -0.327 e. The maximum absolute atomic E-state index is 13.3. The summed E-state index contributed by atoms with van der Waals surface area (Å²) in [6, 6.07) is 10.1. The molecule has 0 radical (unpaired) electrons. The molecule has 8 heteroatoms. The summed E-state index contributed by atoms with van der Waals surface area (Å²) in [4.78, 5) is 41.5. The lowest BCUT2D eigenvalue weighted by Gasteiger charge is -2.25. The van der Waals surface area contributed by atoms with Crippen LogP contribution >= 0.6 is 11.6 Å². The molecule has 2 aromatic carbocycles. The van der Waals surface area contributed by atoms with Crippen LogP contribution in [-0.2, 0) is 9.59 Å². The molecule has 1 fully saturated rings. The zero-order valence-electron chi connectivity index (χ0n) is 14.8. The number of nitrogens with zero attached hydrogens (tertiary/aromatic N) is 2. The van der Waals surface area contributed by atoms with Gasteiger partial charge in [0.25, 0.3) is 5.91 Å². The smallest absolute Gasteiger partial charge is 0.256 e. The summed E-state index contributed by atoms with van der Waals surface area (Å²) in [6.07, 6.45) is 1.32. The highest BCUT2D eigenvalue weighted by Gasteiger charge is 2.42. The maximum atomic E-state index is 13.3. The highest BCUT2D eigenvalue weighted by atomic mass is 35.5.